The third-order valence-corrected chi connectivity index (χ3v) is 5.53. The number of amides is 3. The molecule has 0 heterocycles. The largest absolute Gasteiger partial charge is 0.416 e. The van der Waals surface area contributed by atoms with Gasteiger partial charge in [-0.1, -0.05) is 24.3 Å². The first-order chi connectivity index (χ1) is 17.1. The number of nitrogens with one attached hydrogen (secondary N) is 3. The van der Waals surface area contributed by atoms with Crippen LogP contribution in [0.1, 0.15) is 27.9 Å². The molecule has 36 heavy (non-hydrogen) atoms. The molecule has 6 nitrogen and oxygen atoms in total. The fourth-order valence-electron chi connectivity index (χ4n) is 3.61. The van der Waals surface area contributed by atoms with Crippen LogP contribution in [0.15, 0.2) is 66.7 Å². The van der Waals surface area contributed by atoms with Crippen LogP contribution >= 0.6 is 0 Å². The van der Waals surface area contributed by atoms with Crippen molar-refractivity contribution in [3.8, 4) is 11.1 Å². The minimum atomic E-state index is -4.42. The van der Waals surface area contributed by atoms with Crippen LogP contribution in [0.2, 0.25) is 0 Å². The normalized spacial score (nSPS) is 11.1. The highest BCUT2D eigenvalue weighted by Crippen LogP contribution is 2.33. The number of carbonyl (C=O) groups excluding carboxylic acids is 2. The zero-order valence-corrected chi connectivity index (χ0v) is 20.4. The second-order valence-electron chi connectivity index (χ2n) is 8.51. The van der Waals surface area contributed by atoms with Crippen LogP contribution < -0.4 is 16.0 Å². The predicted molar refractivity (Wildman–Crippen MR) is 136 cm³/mol. The van der Waals surface area contributed by atoms with Crippen LogP contribution in [-0.4, -0.2) is 44.0 Å². The summed E-state index contributed by atoms with van der Waals surface area (Å²) >= 11 is 0. The minimum absolute atomic E-state index is 0.134. The molecule has 0 aliphatic rings. The second-order valence-corrected chi connectivity index (χ2v) is 8.51. The zero-order chi connectivity index (χ0) is 26.3. The Morgan fingerprint density at radius 2 is 1.50 bits per heavy atom. The van der Waals surface area contributed by atoms with E-state index < -0.39 is 11.7 Å². The van der Waals surface area contributed by atoms with Crippen molar-refractivity contribution in [2.75, 3.05) is 37.8 Å². The summed E-state index contributed by atoms with van der Waals surface area (Å²) in [6, 6.07) is 17.1. The number of nitrogens with zero attached hydrogens (tertiary/aromatic N) is 1. The van der Waals surface area contributed by atoms with Gasteiger partial charge < -0.3 is 20.9 Å². The number of benzene rings is 3. The van der Waals surface area contributed by atoms with E-state index >= 15 is 0 Å². The Balaban J connectivity index is 1.64. The summed E-state index contributed by atoms with van der Waals surface area (Å²) in [5.41, 5.74) is 2.99. The van der Waals surface area contributed by atoms with Crippen LogP contribution in [0.4, 0.5) is 29.3 Å². The lowest BCUT2D eigenvalue weighted by Crippen LogP contribution is -2.35. The molecule has 0 spiro atoms. The number of aryl methyl sites for hydroxylation is 1. The standard InChI is InChI=1S/C27H29F3N4O2/c1-18-6-4-7-23(24(18)19-8-10-20(11-9-19)27(28,29)30)25(35)33-22-14-12-21(13-15-22)31-16-5-17-32-26(36)34(2)3/h4,6-15,31H,5,16-17H2,1-3H3,(H,32,36)(H,33,35). The van der Waals surface area contributed by atoms with Gasteiger partial charge in [0.2, 0.25) is 0 Å². The van der Waals surface area contributed by atoms with Crippen molar-refractivity contribution in [2.24, 2.45) is 0 Å². The van der Waals surface area contributed by atoms with Gasteiger partial charge in [-0.05, 0) is 72.5 Å². The van der Waals surface area contributed by atoms with Gasteiger partial charge in [0.1, 0.15) is 0 Å². The minimum Gasteiger partial charge on any atom is -0.385 e. The van der Waals surface area contributed by atoms with Gasteiger partial charge in [-0.3, -0.25) is 4.79 Å². The Hall–Kier alpha value is -4.01. The smallest absolute Gasteiger partial charge is 0.385 e. The Labute approximate surface area is 208 Å². The maximum Gasteiger partial charge on any atom is 0.416 e. The molecule has 3 rings (SSSR count). The van der Waals surface area contributed by atoms with Gasteiger partial charge in [-0.15, -0.1) is 0 Å². The number of carbonyl (C=O) groups is 2. The van der Waals surface area contributed by atoms with E-state index in [1.807, 2.05) is 25.1 Å². The van der Waals surface area contributed by atoms with Crippen LogP contribution in [0.5, 0.6) is 0 Å². The first kappa shape index (κ1) is 26.6. The van der Waals surface area contributed by atoms with E-state index in [-0.39, 0.29) is 11.9 Å². The van der Waals surface area contributed by atoms with Crippen molar-refractivity contribution < 1.29 is 22.8 Å². The Bertz CT molecular complexity index is 1190. The van der Waals surface area contributed by atoms with Crippen LogP contribution in [0, 0.1) is 6.92 Å². The topological polar surface area (TPSA) is 73.5 Å². The number of halogens is 3. The summed E-state index contributed by atoms with van der Waals surface area (Å²) in [6.07, 6.45) is -3.67. The lowest BCUT2D eigenvalue weighted by Gasteiger charge is -2.15. The van der Waals surface area contributed by atoms with Gasteiger partial charge in [0, 0.05) is 44.1 Å². The van der Waals surface area contributed by atoms with Crippen molar-refractivity contribution in [3.05, 3.63) is 83.4 Å². The van der Waals surface area contributed by atoms with Crippen molar-refractivity contribution >= 4 is 23.3 Å². The molecule has 3 aromatic rings. The van der Waals surface area contributed by atoms with E-state index in [1.165, 1.54) is 17.0 Å². The average Bonchev–Trinajstić information content (AvgIpc) is 2.84. The molecule has 0 saturated carbocycles. The van der Waals surface area contributed by atoms with Crippen LogP contribution in [0.3, 0.4) is 0 Å². The maximum atomic E-state index is 13.1. The zero-order valence-electron chi connectivity index (χ0n) is 20.4. The van der Waals surface area contributed by atoms with Crippen LogP contribution in [0.25, 0.3) is 11.1 Å². The first-order valence-corrected chi connectivity index (χ1v) is 11.4. The molecule has 3 N–H and O–H groups in total. The monoisotopic (exact) mass is 498 g/mol. The molecule has 0 radical (unpaired) electrons. The Morgan fingerprint density at radius 1 is 0.861 bits per heavy atom. The first-order valence-electron chi connectivity index (χ1n) is 11.4. The molecule has 0 saturated heterocycles. The third kappa shape index (κ3) is 7.00. The number of hydrogen-bond donors (Lipinski definition) is 3. The number of hydrogen-bond acceptors (Lipinski definition) is 3. The Kier molecular flexibility index (Phi) is 8.58. The number of alkyl halides is 3. The molecule has 190 valence electrons. The molecular formula is C27H29F3N4O2. The predicted octanol–water partition coefficient (Wildman–Crippen LogP) is 6.01. The number of rotatable bonds is 8. The summed E-state index contributed by atoms with van der Waals surface area (Å²) in [7, 11) is 3.37. The van der Waals surface area contributed by atoms with E-state index in [2.05, 4.69) is 16.0 Å². The molecule has 0 bridgehead atoms. The summed E-state index contributed by atoms with van der Waals surface area (Å²) in [6.45, 7) is 3.03. The molecule has 0 aliphatic carbocycles. The number of urea groups is 1. The molecule has 0 fully saturated rings. The molecular weight excluding hydrogens is 469 g/mol. The second kappa shape index (κ2) is 11.6. The Morgan fingerprint density at radius 3 is 2.11 bits per heavy atom. The van der Waals surface area contributed by atoms with Crippen LogP contribution in [-0.2, 0) is 6.18 Å². The highest BCUT2D eigenvalue weighted by molar-refractivity contribution is 6.09. The van der Waals surface area contributed by atoms with Gasteiger partial charge in [-0.25, -0.2) is 4.79 Å². The van der Waals surface area contributed by atoms with Gasteiger partial charge in [0.05, 0.1) is 5.56 Å². The van der Waals surface area contributed by atoms with Gasteiger partial charge in [0.25, 0.3) is 5.91 Å². The van der Waals surface area contributed by atoms with Crippen molar-refractivity contribution in [1.29, 1.82) is 0 Å². The lowest BCUT2D eigenvalue weighted by molar-refractivity contribution is -0.137. The van der Waals surface area contributed by atoms with Crippen molar-refractivity contribution in [2.45, 2.75) is 19.5 Å². The fraction of sp³-hybridized carbons (Fsp3) is 0.259. The molecule has 9 heteroatoms. The molecule has 3 amide bonds. The van der Waals surface area contributed by atoms with Crippen molar-refractivity contribution in [1.82, 2.24) is 10.2 Å². The third-order valence-electron chi connectivity index (χ3n) is 5.53. The highest BCUT2D eigenvalue weighted by Gasteiger charge is 2.30. The van der Waals surface area contributed by atoms with E-state index in [0.717, 1.165) is 29.8 Å². The summed E-state index contributed by atoms with van der Waals surface area (Å²) in [5.74, 6) is -0.356. The van der Waals surface area contributed by atoms with Gasteiger partial charge >= 0.3 is 12.2 Å². The van der Waals surface area contributed by atoms with Gasteiger partial charge in [0.15, 0.2) is 0 Å². The van der Waals surface area contributed by atoms with Gasteiger partial charge in [-0.2, -0.15) is 13.2 Å². The summed E-state index contributed by atoms with van der Waals surface area (Å²) < 4.78 is 38.9. The molecule has 0 aliphatic heterocycles. The quantitative estimate of drug-likeness (QED) is 0.333. The summed E-state index contributed by atoms with van der Waals surface area (Å²) in [5, 5.41) is 8.91. The van der Waals surface area contributed by atoms with E-state index in [4.69, 9.17) is 0 Å². The molecule has 0 aromatic heterocycles. The van der Waals surface area contributed by atoms with Crippen molar-refractivity contribution in [3.63, 3.8) is 0 Å². The molecule has 3 aromatic carbocycles. The maximum absolute atomic E-state index is 13.1. The fourth-order valence-corrected chi connectivity index (χ4v) is 3.61. The van der Waals surface area contributed by atoms with E-state index in [0.29, 0.717) is 35.5 Å². The number of anilines is 2. The average molecular weight is 499 g/mol. The lowest BCUT2D eigenvalue weighted by atomic mass is 9.94. The van der Waals surface area contributed by atoms with E-state index in [1.54, 1.807) is 38.4 Å². The molecule has 0 unspecified atom stereocenters. The molecule has 0 atom stereocenters. The highest BCUT2D eigenvalue weighted by atomic mass is 19.4. The summed E-state index contributed by atoms with van der Waals surface area (Å²) in [4.78, 5) is 26.0. The van der Waals surface area contributed by atoms with E-state index in [9.17, 15) is 22.8 Å². The SMILES string of the molecule is Cc1cccc(C(=O)Nc2ccc(NCCCNC(=O)N(C)C)cc2)c1-c1ccc(C(F)(F)F)cc1.